The zero-order chi connectivity index (χ0) is 11.3. The van der Waals surface area contributed by atoms with Crippen molar-refractivity contribution >= 4 is 28.5 Å². The molecule has 0 unspecified atom stereocenters. The lowest BCUT2D eigenvalue weighted by Crippen LogP contribution is -2.33. The van der Waals surface area contributed by atoms with Crippen LogP contribution in [-0.2, 0) is 0 Å². The van der Waals surface area contributed by atoms with E-state index in [1.54, 1.807) is 12.3 Å². The Hall–Kier alpha value is -1.03. The molecule has 0 aliphatic heterocycles. The van der Waals surface area contributed by atoms with E-state index in [1.807, 2.05) is 6.92 Å². The average molecular weight is 317 g/mol. The lowest BCUT2D eigenvalue weighted by molar-refractivity contribution is 0.0939. The zero-order valence-electron chi connectivity index (χ0n) is 8.38. The second-order valence-electron chi connectivity index (χ2n) is 3.18. The van der Waals surface area contributed by atoms with Crippen LogP contribution in [0.25, 0.3) is 0 Å². The van der Waals surface area contributed by atoms with Gasteiger partial charge in [0.15, 0.2) is 0 Å². The summed E-state index contributed by atoms with van der Waals surface area (Å²) in [6, 6.07) is 3.41. The smallest absolute Gasteiger partial charge is 0.268 e. The highest BCUT2D eigenvalue weighted by Crippen LogP contribution is 2.06. The van der Waals surface area contributed by atoms with Gasteiger partial charge in [-0.1, -0.05) is 13.3 Å². The summed E-state index contributed by atoms with van der Waals surface area (Å²) in [7, 11) is 0. The highest BCUT2D eigenvalue weighted by molar-refractivity contribution is 14.1. The number of hydrogen-bond donors (Lipinski definition) is 2. The van der Waals surface area contributed by atoms with E-state index in [-0.39, 0.29) is 5.91 Å². The van der Waals surface area contributed by atoms with Gasteiger partial charge in [0.25, 0.3) is 5.91 Å². The first kappa shape index (κ1) is 12.0. The molecule has 0 radical (unpaired) electrons. The van der Waals surface area contributed by atoms with Crippen LogP contribution in [-0.4, -0.2) is 16.9 Å². The Morgan fingerprint density at radius 1 is 1.80 bits per heavy atom. The maximum atomic E-state index is 11.6. The quantitative estimate of drug-likeness (QED) is 0.835. The Morgan fingerprint density at radius 3 is 3.00 bits per heavy atom. The van der Waals surface area contributed by atoms with Gasteiger partial charge >= 0.3 is 0 Å². The number of amides is 1. The minimum atomic E-state index is -0.400. The lowest BCUT2D eigenvalue weighted by atomic mass is 10.2. The van der Waals surface area contributed by atoms with E-state index < -0.39 is 6.04 Å². The van der Waals surface area contributed by atoms with Crippen molar-refractivity contribution < 1.29 is 4.79 Å². The van der Waals surface area contributed by atoms with Gasteiger partial charge in [0.1, 0.15) is 11.7 Å². The summed E-state index contributed by atoms with van der Waals surface area (Å²) in [4.78, 5) is 14.5. The van der Waals surface area contributed by atoms with E-state index >= 15 is 0 Å². The number of nitrogens with zero attached hydrogens (tertiary/aromatic N) is 1. The summed E-state index contributed by atoms with van der Waals surface area (Å²) in [5.41, 5.74) is 0.496. The summed E-state index contributed by atoms with van der Waals surface area (Å²) in [5, 5.41) is 11.4. The molecule has 1 aromatic rings. The van der Waals surface area contributed by atoms with Crippen LogP contribution in [0, 0.1) is 14.9 Å². The molecule has 80 valence electrons. The van der Waals surface area contributed by atoms with Crippen LogP contribution in [0.2, 0.25) is 0 Å². The van der Waals surface area contributed by atoms with Crippen LogP contribution in [0.1, 0.15) is 30.3 Å². The first-order chi connectivity index (χ1) is 7.17. The second-order valence-corrected chi connectivity index (χ2v) is 4.42. The number of carbonyl (C=O) groups is 1. The van der Waals surface area contributed by atoms with Crippen LogP contribution in [0.3, 0.4) is 0 Å². The van der Waals surface area contributed by atoms with Crippen molar-refractivity contribution in [3.05, 3.63) is 21.5 Å². The minimum absolute atomic E-state index is 0.224. The fraction of sp³-hybridized carbons (Fsp3) is 0.400. The SMILES string of the molecule is CCC[C@@H](C#N)NC(=O)c1cc(I)c[nH]1. The van der Waals surface area contributed by atoms with E-state index in [0.717, 1.165) is 9.99 Å². The fourth-order valence-electron chi connectivity index (χ4n) is 1.19. The molecule has 4 nitrogen and oxygen atoms in total. The maximum absolute atomic E-state index is 11.6. The number of rotatable bonds is 4. The molecule has 0 aliphatic rings. The molecule has 1 amide bonds. The molecular weight excluding hydrogens is 305 g/mol. The number of halogens is 1. The van der Waals surface area contributed by atoms with Crippen molar-refractivity contribution in [1.29, 1.82) is 5.26 Å². The van der Waals surface area contributed by atoms with E-state index in [9.17, 15) is 4.79 Å². The molecule has 0 aromatic carbocycles. The van der Waals surface area contributed by atoms with E-state index in [1.165, 1.54) is 0 Å². The molecule has 1 aromatic heterocycles. The molecule has 15 heavy (non-hydrogen) atoms. The van der Waals surface area contributed by atoms with Crippen LogP contribution < -0.4 is 5.32 Å². The van der Waals surface area contributed by atoms with Gasteiger partial charge in [-0.25, -0.2) is 0 Å². The molecule has 0 saturated carbocycles. The molecule has 1 heterocycles. The van der Waals surface area contributed by atoms with Gasteiger partial charge in [-0.15, -0.1) is 0 Å². The highest BCUT2D eigenvalue weighted by atomic mass is 127. The Labute approximate surface area is 102 Å². The van der Waals surface area contributed by atoms with E-state index in [2.05, 4.69) is 39.0 Å². The topological polar surface area (TPSA) is 68.7 Å². The third-order valence-corrected chi connectivity index (χ3v) is 2.55. The summed E-state index contributed by atoms with van der Waals surface area (Å²) in [6.45, 7) is 1.98. The van der Waals surface area contributed by atoms with Gasteiger partial charge < -0.3 is 10.3 Å². The zero-order valence-corrected chi connectivity index (χ0v) is 10.5. The van der Waals surface area contributed by atoms with Crippen molar-refractivity contribution in [2.45, 2.75) is 25.8 Å². The van der Waals surface area contributed by atoms with Gasteiger partial charge in [-0.2, -0.15) is 5.26 Å². The minimum Gasteiger partial charge on any atom is -0.356 e. The normalized spacial score (nSPS) is 11.8. The Morgan fingerprint density at radius 2 is 2.53 bits per heavy atom. The van der Waals surface area contributed by atoms with Crippen molar-refractivity contribution in [1.82, 2.24) is 10.3 Å². The number of hydrogen-bond acceptors (Lipinski definition) is 2. The van der Waals surface area contributed by atoms with Crippen molar-refractivity contribution in [3.63, 3.8) is 0 Å². The summed E-state index contributed by atoms with van der Waals surface area (Å²) in [6.07, 6.45) is 3.30. The van der Waals surface area contributed by atoms with Crippen LogP contribution in [0.15, 0.2) is 12.3 Å². The Bertz CT molecular complexity index is 380. The number of carbonyl (C=O) groups excluding carboxylic acids is 1. The molecule has 0 aliphatic carbocycles. The fourth-order valence-corrected chi connectivity index (χ4v) is 1.66. The van der Waals surface area contributed by atoms with E-state index in [4.69, 9.17) is 5.26 Å². The lowest BCUT2D eigenvalue weighted by Gasteiger charge is -2.08. The maximum Gasteiger partial charge on any atom is 0.268 e. The molecular formula is C10H12IN3O. The Balaban J connectivity index is 2.59. The van der Waals surface area contributed by atoms with Gasteiger partial charge in [-0.05, 0) is 35.1 Å². The Kier molecular flexibility index (Phi) is 4.62. The van der Waals surface area contributed by atoms with Gasteiger partial charge in [0.05, 0.1) is 6.07 Å². The van der Waals surface area contributed by atoms with E-state index in [0.29, 0.717) is 12.1 Å². The third-order valence-electron chi connectivity index (χ3n) is 1.93. The number of nitriles is 1. The number of aromatic amines is 1. The highest BCUT2D eigenvalue weighted by Gasteiger charge is 2.13. The number of nitrogens with one attached hydrogen (secondary N) is 2. The van der Waals surface area contributed by atoms with Gasteiger partial charge in [-0.3, -0.25) is 4.79 Å². The summed E-state index contributed by atoms with van der Waals surface area (Å²) in [5.74, 6) is -0.224. The largest absolute Gasteiger partial charge is 0.356 e. The molecule has 0 fully saturated rings. The first-order valence-electron chi connectivity index (χ1n) is 4.71. The third kappa shape index (κ3) is 3.55. The predicted octanol–water partition coefficient (Wildman–Crippen LogP) is 2.04. The van der Waals surface area contributed by atoms with Gasteiger partial charge in [0.2, 0.25) is 0 Å². The standard InChI is InChI=1S/C10H12IN3O/c1-2-3-8(5-12)14-10(15)9-4-7(11)6-13-9/h4,6,8,13H,2-3H2,1H3,(H,14,15)/t8-/m0/s1. The predicted molar refractivity (Wildman–Crippen MR) is 65.3 cm³/mol. The molecule has 5 heteroatoms. The van der Waals surface area contributed by atoms with Crippen molar-refractivity contribution in [2.24, 2.45) is 0 Å². The molecule has 1 atom stereocenters. The van der Waals surface area contributed by atoms with Crippen LogP contribution >= 0.6 is 22.6 Å². The van der Waals surface area contributed by atoms with Crippen molar-refractivity contribution in [2.75, 3.05) is 0 Å². The molecule has 0 spiro atoms. The molecule has 0 bridgehead atoms. The summed E-state index contributed by atoms with van der Waals surface area (Å²) >= 11 is 2.12. The second kappa shape index (κ2) is 5.75. The molecule has 0 saturated heterocycles. The number of aromatic nitrogens is 1. The monoisotopic (exact) mass is 317 g/mol. The van der Waals surface area contributed by atoms with Gasteiger partial charge in [0, 0.05) is 9.77 Å². The van der Waals surface area contributed by atoms with Crippen LogP contribution in [0.5, 0.6) is 0 Å². The molecule has 2 N–H and O–H groups in total. The van der Waals surface area contributed by atoms with Crippen molar-refractivity contribution in [3.8, 4) is 6.07 Å². The van der Waals surface area contributed by atoms with Crippen LogP contribution in [0.4, 0.5) is 0 Å². The number of H-pyrrole nitrogens is 1. The molecule has 1 rings (SSSR count). The first-order valence-corrected chi connectivity index (χ1v) is 5.79. The average Bonchev–Trinajstić information content (AvgIpc) is 2.64. The summed E-state index contributed by atoms with van der Waals surface area (Å²) < 4.78 is 0.974.